The zero-order valence-corrected chi connectivity index (χ0v) is 16.7. The smallest absolute Gasteiger partial charge is 0.192 e. The van der Waals surface area contributed by atoms with Crippen LogP contribution in [-0.4, -0.2) is 25.1 Å². The lowest BCUT2D eigenvalue weighted by Gasteiger charge is -2.49. The molecular weight excluding hydrogens is 288 g/mol. The molecule has 2 nitrogen and oxygen atoms in total. The van der Waals surface area contributed by atoms with Crippen molar-refractivity contribution < 1.29 is 9.53 Å². The Hall–Kier alpha value is 0.137. The first-order chi connectivity index (χ1) is 10.2. The minimum absolute atomic E-state index is 0.274. The molecule has 2 rings (SSSR count). The zero-order valence-electron chi connectivity index (χ0n) is 15.7. The molecular formula is C19H38O2Si. The molecule has 0 aromatic carbocycles. The maximum atomic E-state index is 10.6. The lowest BCUT2D eigenvalue weighted by molar-refractivity contribution is -0.0774. The highest BCUT2D eigenvalue weighted by Crippen LogP contribution is 2.59. The van der Waals surface area contributed by atoms with Crippen molar-refractivity contribution in [1.82, 2.24) is 0 Å². The fraction of sp³-hybridized carbons (Fsp3) is 1.00. The topological polar surface area (TPSA) is 29.5 Å². The van der Waals surface area contributed by atoms with Crippen LogP contribution in [0.2, 0.25) is 18.1 Å². The summed E-state index contributed by atoms with van der Waals surface area (Å²) in [4.78, 5) is 0. The molecule has 0 aliphatic heterocycles. The molecule has 3 heteroatoms. The maximum absolute atomic E-state index is 10.6. The Morgan fingerprint density at radius 2 is 1.68 bits per heavy atom. The summed E-state index contributed by atoms with van der Waals surface area (Å²) in [7, 11) is -1.53. The van der Waals surface area contributed by atoms with Gasteiger partial charge in [0.25, 0.3) is 0 Å². The Balaban J connectivity index is 2.20. The molecule has 0 spiro atoms. The minimum atomic E-state index is -1.53. The Kier molecular flexibility index (Phi) is 5.51. The summed E-state index contributed by atoms with van der Waals surface area (Å²) in [5, 5.41) is 10.6. The SMILES string of the molecule is CC[Si](CC)(CC)O[C@H]1CCC[C@]2(C)[C@@H](C(C)(C)O)CC[C@@H]12. The zero-order chi connectivity index (χ0) is 16.6. The van der Waals surface area contributed by atoms with Gasteiger partial charge in [-0.3, -0.25) is 0 Å². The van der Waals surface area contributed by atoms with Crippen molar-refractivity contribution in [3.8, 4) is 0 Å². The maximum Gasteiger partial charge on any atom is 0.192 e. The van der Waals surface area contributed by atoms with Gasteiger partial charge in [-0.15, -0.1) is 0 Å². The molecule has 22 heavy (non-hydrogen) atoms. The molecule has 2 saturated carbocycles. The Morgan fingerprint density at radius 3 is 2.18 bits per heavy atom. The van der Waals surface area contributed by atoms with Gasteiger partial charge >= 0.3 is 0 Å². The second-order valence-electron chi connectivity index (χ2n) is 8.69. The van der Waals surface area contributed by atoms with Gasteiger partial charge in [-0.2, -0.15) is 0 Å². The summed E-state index contributed by atoms with van der Waals surface area (Å²) in [6.45, 7) is 13.5. The van der Waals surface area contributed by atoms with Crippen LogP contribution < -0.4 is 0 Å². The van der Waals surface area contributed by atoms with Crippen LogP contribution in [0, 0.1) is 17.3 Å². The van der Waals surface area contributed by atoms with Crippen LogP contribution in [0.1, 0.15) is 73.6 Å². The molecule has 0 amide bonds. The van der Waals surface area contributed by atoms with Gasteiger partial charge in [-0.05, 0) is 74.9 Å². The van der Waals surface area contributed by atoms with Crippen molar-refractivity contribution in [2.24, 2.45) is 17.3 Å². The second kappa shape index (κ2) is 6.56. The van der Waals surface area contributed by atoms with Crippen LogP contribution in [-0.2, 0) is 4.43 Å². The van der Waals surface area contributed by atoms with Gasteiger partial charge in [0, 0.05) is 6.10 Å². The molecule has 2 aliphatic carbocycles. The molecule has 0 heterocycles. The van der Waals surface area contributed by atoms with E-state index < -0.39 is 13.9 Å². The van der Waals surface area contributed by atoms with E-state index in [1.54, 1.807) is 0 Å². The summed E-state index contributed by atoms with van der Waals surface area (Å²) >= 11 is 0. The summed E-state index contributed by atoms with van der Waals surface area (Å²) in [6.07, 6.45) is 6.66. The van der Waals surface area contributed by atoms with Gasteiger partial charge in [0.1, 0.15) is 0 Å². The van der Waals surface area contributed by atoms with Crippen LogP contribution in [0.3, 0.4) is 0 Å². The molecule has 0 unspecified atom stereocenters. The predicted octanol–water partition coefficient (Wildman–Crippen LogP) is 5.36. The number of hydrogen-bond acceptors (Lipinski definition) is 2. The van der Waals surface area contributed by atoms with Gasteiger partial charge in [0.2, 0.25) is 0 Å². The van der Waals surface area contributed by atoms with E-state index >= 15 is 0 Å². The van der Waals surface area contributed by atoms with E-state index in [1.807, 2.05) is 13.8 Å². The molecule has 0 aromatic heterocycles. The Morgan fingerprint density at radius 1 is 1.09 bits per heavy atom. The van der Waals surface area contributed by atoms with E-state index in [1.165, 1.54) is 50.2 Å². The highest BCUT2D eigenvalue weighted by molar-refractivity contribution is 6.73. The van der Waals surface area contributed by atoms with E-state index in [0.29, 0.717) is 17.9 Å². The van der Waals surface area contributed by atoms with Gasteiger partial charge in [0.15, 0.2) is 8.32 Å². The summed E-state index contributed by atoms with van der Waals surface area (Å²) < 4.78 is 6.92. The summed E-state index contributed by atoms with van der Waals surface area (Å²) in [5.74, 6) is 1.09. The van der Waals surface area contributed by atoms with Crippen molar-refractivity contribution in [2.75, 3.05) is 0 Å². The third-order valence-electron chi connectivity index (χ3n) is 7.25. The fourth-order valence-electron chi connectivity index (χ4n) is 5.74. The lowest BCUT2D eigenvalue weighted by Crippen LogP contribution is -2.50. The van der Waals surface area contributed by atoms with Crippen LogP contribution >= 0.6 is 0 Å². The van der Waals surface area contributed by atoms with Gasteiger partial charge in [-0.25, -0.2) is 0 Å². The molecule has 4 atom stereocenters. The Bertz CT molecular complexity index is 364. The highest BCUT2D eigenvalue weighted by atomic mass is 28.4. The first-order valence-electron chi connectivity index (χ1n) is 9.62. The average molecular weight is 327 g/mol. The lowest BCUT2D eigenvalue weighted by atomic mass is 9.61. The Labute approximate surface area is 139 Å². The van der Waals surface area contributed by atoms with Crippen LogP contribution in [0.25, 0.3) is 0 Å². The monoisotopic (exact) mass is 326 g/mol. The molecule has 130 valence electrons. The normalized spacial score (nSPS) is 36.4. The quantitative estimate of drug-likeness (QED) is 0.665. The van der Waals surface area contributed by atoms with Crippen molar-refractivity contribution in [2.45, 2.75) is 103 Å². The molecule has 0 saturated heterocycles. The highest BCUT2D eigenvalue weighted by Gasteiger charge is 2.56. The first-order valence-corrected chi connectivity index (χ1v) is 12.2. The number of hydrogen-bond donors (Lipinski definition) is 1. The molecule has 0 bridgehead atoms. The van der Waals surface area contributed by atoms with Crippen LogP contribution in [0.4, 0.5) is 0 Å². The first kappa shape index (κ1) is 18.5. The van der Waals surface area contributed by atoms with E-state index in [9.17, 15) is 5.11 Å². The second-order valence-corrected chi connectivity index (χ2v) is 13.4. The average Bonchev–Trinajstić information content (AvgIpc) is 2.83. The van der Waals surface area contributed by atoms with Crippen LogP contribution in [0.15, 0.2) is 0 Å². The third-order valence-corrected chi connectivity index (χ3v) is 11.9. The van der Waals surface area contributed by atoms with Crippen molar-refractivity contribution in [3.63, 3.8) is 0 Å². The van der Waals surface area contributed by atoms with Gasteiger partial charge in [0.05, 0.1) is 5.60 Å². The third kappa shape index (κ3) is 3.18. The molecule has 2 fully saturated rings. The predicted molar refractivity (Wildman–Crippen MR) is 96.5 cm³/mol. The summed E-state index contributed by atoms with van der Waals surface area (Å²) in [6, 6.07) is 3.73. The van der Waals surface area contributed by atoms with Crippen molar-refractivity contribution >= 4 is 8.32 Å². The van der Waals surface area contributed by atoms with E-state index in [0.717, 1.165) is 0 Å². The number of fused-ring (bicyclic) bond motifs is 1. The summed E-state index contributed by atoms with van der Waals surface area (Å²) in [5.41, 5.74) is -0.281. The van der Waals surface area contributed by atoms with Gasteiger partial charge < -0.3 is 9.53 Å². The van der Waals surface area contributed by atoms with Gasteiger partial charge in [-0.1, -0.05) is 34.1 Å². The number of rotatable bonds is 6. The van der Waals surface area contributed by atoms with Crippen molar-refractivity contribution in [3.05, 3.63) is 0 Å². The van der Waals surface area contributed by atoms with Crippen LogP contribution in [0.5, 0.6) is 0 Å². The standard InChI is InChI=1S/C19H38O2Si/c1-7-22(8-2,9-3)21-16-11-10-14-19(6)15(16)12-13-17(19)18(4,5)20/h15-17,20H,7-14H2,1-6H3/t15-,16-,17+,19-/m0/s1. The molecule has 2 aliphatic rings. The number of aliphatic hydroxyl groups is 1. The molecule has 0 aromatic rings. The molecule has 1 N–H and O–H groups in total. The van der Waals surface area contributed by atoms with E-state index in [-0.39, 0.29) is 5.41 Å². The largest absolute Gasteiger partial charge is 0.414 e. The molecule has 0 radical (unpaired) electrons. The van der Waals surface area contributed by atoms with Crippen molar-refractivity contribution in [1.29, 1.82) is 0 Å². The fourth-order valence-corrected chi connectivity index (χ4v) is 8.67. The minimum Gasteiger partial charge on any atom is -0.414 e. The van der Waals surface area contributed by atoms with E-state index in [4.69, 9.17) is 4.43 Å². The van der Waals surface area contributed by atoms with E-state index in [2.05, 4.69) is 27.7 Å².